The molecular formula is C8H10ClN4O2-. The first kappa shape index (κ1) is 11.4. The van der Waals surface area contributed by atoms with E-state index in [4.69, 9.17) is 23.1 Å². The summed E-state index contributed by atoms with van der Waals surface area (Å²) in [6.45, 7) is 1.83. The van der Waals surface area contributed by atoms with Gasteiger partial charge in [-0.2, -0.15) is 0 Å². The molecule has 7 heteroatoms. The number of hydrogen-bond donors (Lipinski definition) is 2. The number of halogens is 1. The molecule has 1 aromatic rings. The van der Waals surface area contributed by atoms with E-state index < -0.39 is 6.09 Å². The van der Waals surface area contributed by atoms with Gasteiger partial charge >= 0.3 is 0 Å². The number of pyridine rings is 1. The van der Waals surface area contributed by atoms with Gasteiger partial charge in [0.15, 0.2) is 5.15 Å². The van der Waals surface area contributed by atoms with Crippen LogP contribution in [0.3, 0.4) is 0 Å². The molecule has 0 fully saturated rings. The van der Waals surface area contributed by atoms with Gasteiger partial charge in [0.2, 0.25) is 0 Å². The van der Waals surface area contributed by atoms with Crippen molar-refractivity contribution < 1.29 is 9.90 Å². The van der Waals surface area contributed by atoms with E-state index in [0.717, 1.165) is 4.90 Å². The summed E-state index contributed by atoms with van der Waals surface area (Å²) >= 11 is 5.67. The van der Waals surface area contributed by atoms with Crippen molar-refractivity contribution in [2.75, 3.05) is 22.9 Å². The monoisotopic (exact) mass is 229 g/mol. The second-order valence-corrected chi connectivity index (χ2v) is 3.14. The lowest BCUT2D eigenvalue weighted by Gasteiger charge is -2.22. The Morgan fingerprint density at radius 2 is 2.27 bits per heavy atom. The molecule has 15 heavy (non-hydrogen) atoms. The molecule has 0 bridgehead atoms. The largest absolute Gasteiger partial charge is 0.530 e. The molecule has 0 aliphatic rings. The number of amides is 1. The van der Waals surface area contributed by atoms with E-state index in [0.29, 0.717) is 0 Å². The van der Waals surface area contributed by atoms with Gasteiger partial charge in [0, 0.05) is 12.6 Å². The van der Waals surface area contributed by atoms with Gasteiger partial charge in [0.25, 0.3) is 0 Å². The van der Waals surface area contributed by atoms with Crippen molar-refractivity contribution >= 4 is 34.9 Å². The maximum absolute atomic E-state index is 10.7. The Labute approximate surface area is 91.4 Å². The van der Waals surface area contributed by atoms with Crippen LogP contribution in [0, 0.1) is 0 Å². The van der Waals surface area contributed by atoms with Crippen molar-refractivity contribution in [3.63, 3.8) is 0 Å². The molecule has 6 nitrogen and oxygen atoms in total. The van der Waals surface area contributed by atoms with Crippen LogP contribution >= 0.6 is 11.6 Å². The van der Waals surface area contributed by atoms with Gasteiger partial charge < -0.3 is 26.3 Å². The molecule has 0 atom stereocenters. The molecule has 0 aliphatic carbocycles. The van der Waals surface area contributed by atoms with E-state index in [1.807, 2.05) is 0 Å². The zero-order chi connectivity index (χ0) is 11.6. The summed E-state index contributed by atoms with van der Waals surface area (Å²) in [5, 5.41) is 10.7. The van der Waals surface area contributed by atoms with Crippen LogP contribution in [-0.2, 0) is 0 Å². The molecule has 0 radical (unpaired) electrons. The van der Waals surface area contributed by atoms with Crippen molar-refractivity contribution in [2.45, 2.75) is 6.92 Å². The number of carbonyl (C=O) groups excluding carboxylic acids is 1. The minimum atomic E-state index is -1.37. The zero-order valence-corrected chi connectivity index (χ0v) is 8.78. The molecule has 0 saturated carbocycles. The summed E-state index contributed by atoms with van der Waals surface area (Å²) in [6, 6.07) is 1.33. The predicted molar refractivity (Wildman–Crippen MR) is 56.5 cm³/mol. The van der Waals surface area contributed by atoms with Gasteiger partial charge in [-0.1, -0.05) is 11.6 Å². The van der Waals surface area contributed by atoms with Crippen LogP contribution in [0.15, 0.2) is 6.07 Å². The van der Waals surface area contributed by atoms with Gasteiger partial charge in [0.05, 0.1) is 11.4 Å². The van der Waals surface area contributed by atoms with Crippen molar-refractivity contribution in [2.24, 2.45) is 0 Å². The predicted octanol–water partition coefficient (Wildman–Crippen LogP) is 0.0690. The third-order valence-electron chi connectivity index (χ3n) is 1.84. The molecule has 82 valence electrons. The Morgan fingerprint density at radius 1 is 1.67 bits per heavy atom. The summed E-state index contributed by atoms with van der Waals surface area (Å²) in [5.74, 6) is 0.106. The quantitative estimate of drug-likeness (QED) is 0.698. The lowest BCUT2D eigenvalue weighted by atomic mass is 10.3. The average Bonchev–Trinajstić information content (AvgIpc) is 2.14. The molecule has 0 spiro atoms. The zero-order valence-electron chi connectivity index (χ0n) is 8.03. The Morgan fingerprint density at radius 3 is 2.67 bits per heavy atom. The summed E-state index contributed by atoms with van der Waals surface area (Å²) in [7, 11) is 0. The van der Waals surface area contributed by atoms with Crippen LogP contribution in [-0.4, -0.2) is 17.6 Å². The SMILES string of the molecule is CCN(C(=O)[O-])c1cc(N)c(N)c(Cl)n1. The van der Waals surface area contributed by atoms with Crippen LogP contribution in [0.2, 0.25) is 5.15 Å². The Balaban J connectivity index is 3.20. The Kier molecular flexibility index (Phi) is 3.21. The average molecular weight is 230 g/mol. The van der Waals surface area contributed by atoms with E-state index in [1.165, 1.54) is 6.07 Å². The highest BCUT2D eigenvalue weighted by molar-refractivity contribution is 6.32. The highest BCUT2D eigenvalue weighted by atomic mass is 35.5. The van der Waals surface area contributed by atoms with Gasteiger partial charge in [-0.3, -0.25) is 0 Å². The lowest BCUT2D eigenvalue weighted by molar-refractivity contribution is -0.246. The summed E-state index contributed by atoms with van der Waals surface area (Å²) < 4.78 is 0. The molecule has 0 aromatic carbocycles. The fourth-order valence-corrected chi connectivity index (χ4v) is 1.25. The maximum atomic E-state index is 10.7. The molecule has 0 saturated heterocycles. The number of rotatable bonds is 2. The summed E-state index contributed by atoms with van der Waals surface area (Å²) in [4.78, 5) is 15.4. The number of carbonyl (C=O) groups is 1. The third-order valence-corrected chi connectivity index (χ3v) is 2.13. The van der Waals surface area contributed by atoms with Crippen molar-refractivity contribution in [3.8, 4) is 0 Å². The second-order valence-electron chi connectivity index (χ2n) is 2.78. The van der Waals surface area contributed by atoms with Crippen LogP contribution in [0.5, 0.6) is 0 Å². The number of nitrogens with two attached hydrogens (primary N) is 2. The fraction of sp³-hybridized carbons (Fsp3) is 0.250. The first-order valence-corrected chi connectivity index (χ1v) is 4.55. The molecule has 1 heterocycles. The number of aromatic nitrogens is 1. The van der Waals surface area contributed by atoms with E-state index >= 15 is 0 Å². The smallest absolute Gasteiger partial charge is 0.156 e. The summed E-state index contributed by atoms with van der Waals surface area (Å²) in [5.41, 5.74) is 11.3. The normalized spacial score (nSPS) is 10.0. The van der Waals surface area contributed by atoms with E-state index in [2.05, 4.69) is 4.98 Å². The Bertz CT molecular complexity index is 373. The lowest BCUT2D eigenvalue weighted by Crippen LogP contribution is -2.41. The molecule has 1 rings (SSSR count). The van der Waals surface area contributed by atoms with Crippen molar-refractivity contribution in [1.29, 1.82) is 0 Å². The van der Waals surface area contributed by atoms with Gasteiger partial charge in [-0.15, -0.1) is 0 Å². The number of nitrogens with zero attached hydrogens (tertiary/aromatic N) is 2. The summed E-state index contributed by atoms with van der Waals surface area (Å²) in [6.07, 6.45) is -1.37. The first-order valence-electron chi connectivity index (χ1n) is 4.17. The number of hydrogen-bond acceptors (Lipinski definition) is 5. The number of anilines is 3. The first-order chi connectivity index (χ1) is 6.97. The number of carboxylic acid groups (broad SMARTS) is 1. The Hall–Kier alpha value is -1.69. The van der Waals surface area contributed by atoms with Crippen LogP contribution in [0.1, 0.15) is 6.92 Å². The maximum Gasteiger partial charge on any atom is 0.156 e. The van der Waals surface area contributed by atoms with Gasteiger partial charge in [0.1, 0.15) is 11.9 Å². The highest BCUT2D eigenvalue weighted by Crippen LogP contribution is 2.27. The topological polar surface area (TPSA) is 108 Å². The van der Waals surface area contributed by atoms with E-state index in [9.17, 15) is 9.90 Å². The fourth-order valence-electron chi connectivity index (χ4n) is 1.05. The van der Waals surface area contributed by atoms with E-state index in [-0.39, 0.29) is 28.9 Å². The van der Waals surface area contributed by atoms with Crippen LogP contribution in [0.25, 0.3) is 0 Å². The van der Waals surface area contributed by atoms with Gasteiger partial charge in [-0.05, 0) is 6.92 Å². The molecule has 1 amide bonds. The molecule has 1 aromatic heterocycles. The molecule has 4 N–H and O–H groups in total. The molecule has 0 aliphatic heterocycles. The van der Waals surface area contributed by atoms with Crippen molar-refractivity contribution in [1.82, 2.24) is 4.98 Å². The minimum absolute atomic E-state index is 0.0234. The molecular weight excluding hydrogens is 220 g/mol. The molecule has 0 unspecified atom stereocenters. The standard InChI is InChI=1S/C8H11ClN4O2/c1-2-13(8(14)15)5-3-4(10)6(11)7(9)12-5/h3H,2,11H2,1H3,(H2,10,12)(H,14,15)/p-1. The van der Waals surface area contributed by atoms with Crippen LogP contribution < -0.4 is 21.5 Å². The van der Waals surface area contributed by atoms with Crippen molar-refractivity contribution in [3.05, 3.63) is 11.2 Å². The number of nitrogen functional groups attached to an aromatic ring is 2. The van der Waals surface area contributed by atoms with E-state index in [1.54, 1.807) is 6.92 Å². The van der Waals surface area contributed by atoms with Crippen LogP contribution in [0.4, 0.5) is 22.0 Å². The third kappa shape index (κ3) is 2.21. The second kappa shape index (κ2) is 4.22. The highest BCUT2D eigenvalue weighted by Gasteiger charge is 2.11. The van der Waals surface area contributed by atoms with Gasteiger partial charge in [-0.25, -0.2) is 4.98 Å². The minimum Gasteiger partial charge on any atom is -0.530 e.